The third-order valence-electron chi connectivity index (χ3n) is 4.95. The van der Waals surface area contributed by atoms with Crippen LogP contribution in [-0.2, 0) is 23.0 Å². The van der Waals surface area contributed by atoms with Crippen LogP contribution in [0.3, 0.4) is 0 Å². The van der Waals surface area contributed by atoms with Crippen LogP contribution in [0.25, 0.3) is 0 Å². The number of sulfonamides is 1. The summed E-state index contributed by atoms with van der Waals surface area (Å²) >= 11 is 0. The Morgan fingerprint density at radius 2 is 1.87 bits per heavy atom. The van der Waals surface area contributed by atoms with Gasteiger partial charge in [-0.15, -0.1) is 0 Å². The SMILES string of the molecule is CC1Cc2cc(C(=O)N(Cc3ccc(C#N)cc3)CC(F)(F)F)ccc2N1S(C)(=O)=O. The molecule has 1 atom stereocenters. The average Bonchev–Trinajstić information content (AvgIpc) is 3.01. The van der Waals surface area contributed by atoms with E-state index in [1.54, 1.807) is 6.92 Å². The zero-order chi connectivity index (χ0) is 23.0. The predicted molar refractivity (Wildman–Crippen MR) is 109 cm³/mol. The number of amides is 1. The Labute approximate surface area is 178 Å². The van der Waals surface area contributed by atoms with Gasteiger partial charge in [0, 0.05) is 18.2 Å². The smallest absolute Gasteiger partial charge is 0.325 e. The first-order valence-electron chi connectivity index (χ1n) is 9.36. The molecular formula is C21H20F3N3O3S. The highest BCUT2D eigenvalue weighted by Crippen LogP contribution is 2.35. The lowest BCUT2D eigenvalue weighted by Gasteiger charge is -2.25. The van der Waals surface area contributed by atoms with Gasteiger partial charge < -0.3 is 4.90 Å². The van der Waals surface area contributed by atoms with Crippen molar-refractivity contribution in [3.05, 3.63) is 64.7 Å². The Balaban J connectivity index is 1.91. The van der Waals surface area contributed by atoms with Gasteiger partial charge in [0.25, 0.3) is 5.91 Å². The Morgan fingerprint density at radius 1 is 1.23 bits per heavy atom. The lowest BCUT2D eigenvalue weighted by Crippen LogP contribution is -2.38. The standard InChI is InChI=1S/C21H20F3N3O3S/c1-14-9-18-10-17(7-8-19(18)27(14)31(2,29)30)20(28)26(13-21(22,23)24)12-16-5-3-15(11-25)4-6-16/h3-8,10,14H,9,12-13H2,1-2H3. The van der Waals surface area contributed by atoms with Crippen molar-refractivity contribution in [1.82, 2.24) is 4.90 Å². The van der Waals surface area contributed by atoms with Crippen molar-refractivity contribution in [1.29, 1.82) is 5.26 Å². The molecule has 0 radical (unpaired) electrons. The first-order valence-corrected chi connectivity index (χ1v) is 11.2. The number of benzene rings is 2. The molecule has 2 aromatic rings. The van der Waals surface area contributed by atoms with E-state index in [1.807, 2.05) is 6.07 Å². The highest BCUT2D eigenvalue weighted by molar-refractivity contribution is 7.92. The average molecular weight is 451 g/mol. The van der Waals surface area contributed by atoms with Crippen LogP contribution in [0.1, 0.15) is 34.0 Å². The number of halogens is 3. The number of alkyl halides is 3. The predicted octanol–water partition coefficient (Wildman–Crippen LogP) is 3.47. The van der Waals surface area contributed by atoms with Crippen LogP contribution in [0, 0.1) is 11.3 Å². The van der Waals surface area contributed by atoms with Crippen molar-refractivity contribution in [2.24, 2.45) is 0 Å². The molecule has 0 fully saturated rings. The summed E-state index contributed by atoms with van der Waals surface area (Å²) < 4.78 is 64.8. The quantitative estimate of drug-likeness (QED) is 0.697. The molecule has 0 aliphatic carbocycles. The van der Waals surface area contributed by atoms with Gasteiger partial charge in [-0.05, 0) is 54.8 Å². The minimum atomic E-state index is -4.60. The maximum Gasteiger partial charge on any atom is 0.406 e. The van der Waals surface area contributed by atoms with E-state index < -0.39 is 28.7 Å². The van der Waals surface area contributed by atoms with E-state index in [1.165, 1.54) is 46.8 Å². The summed E-state index contributed by atoms with van der Waals surface area (Å²) in [4.78, 5) is 13.6. The van der Waals surface area contributed by atoms with Gasteiger partial charge in [0.15, 0.2) is 0 Å². The molecule has 0 N–H and O–H groups in total. The number of anilines is 1. The summed E-state index contributed by atoms with van der Waals surface area (Å²) in [5.74, 6) is -0.810. The summed E-state index contributed by atoms with van der Waals surface area (Å²) in [6, 6.07) is 11.8. The van der Waals surface area contributed by atoms with Gasteiger partial charge in [-0.1, -0.05) is 12.1 Å². The van der Waals surface area contributed by atoms with Crippen LogP contribution in [0.15, 0.2) is 42.5 Å². The van der Waals surface area contributed by atoms with Crippen LogP contribution in [-0.4, -0.2) is 44.2 Å². The van der Waals surface area contributed by atoms with Crippen LogP contribution < -0.4 is 4.31 Å². The van der Waals surface area contributed by atoms with E-state index in [4.69, 9.17) is 5.26 Å². The fourth-order valence-electron chi connectivity index (χ4n) is 3.74. The highest BCUT2D eigenvalue weighted by Gasteiger charge is 2.35. The molecule has 1 amide bonds. The van der Waals surface area contributed by atoms with Gasteiger partial charge in [-0.3, -0.25) is 9.10 Å². The third kappa shape index (κ3) is 5.17. The fraction of sp³-hybridized carbons (Fsp3) is 0.333. The van der Waals surface area contributed by atoms with Gasteiger partial charge in [0.1, 0.15) is 6.54 Å². The van der Waals surface area contributed by atoms with Gasteiger partial charge in [-0.2, -0.15) is 18.4 Å². The third-order valence-corrected chi connectivity index (χ3v) is 6.22. The molecule has 1 unspecified atom stereocenters. The van der Waals surface area contributed by atoms with Crippen molar-refractivity contribution in [3.63, 3.8) is 0 Å². The van der Waals surface area contributed by atoms with Crippen LogP contribution >= 0.6 is 0 Å². The van der Waals surface area contributed by atoms with Crippen LogP contribution in [0.4, 0.5) is 18.9 Å². The highest BCUT2D eigenvalue weighted by atomic mass is 32.2. The Bertz CT molecular complexity index is 1140. The maximum absolute atomic E-state index is 13.1. The Hall–Kier alpha value is -3.06. The van der Waals surface area contributed by atoms with E-state index in [9.17, 15) is 26.4 Å². The van der Waals surface area contributed by atoms with E-state index in [2.05, 4.69) is 0 Å². The van der Waals surface area contributed by atoms with Gasteiger partial charge in [0.2, 0.25) is 10.0 Å². The topological polar surface area (TPSA) is 81.5 Å². The van der Waals surface area contributed by atoms with Gasteiger partial charge in [0.05, 0.1) is 23.6 Å². The Kier molecular flexibility index (Phi) is 6.00. The van der Waals surface area contributed by atoms with E-state index in [0.717, 1.165) is 6.26 Å². The number of carbonyl (C=O) groups excluding carboxylic acids is 1. The zero-order valence-electron chi connectivity index (χ0n) is 16.8. The second-order valence-corrected chi connectivity index (χ2v) is 9.40. The number of rotatable bonds is 5. The second kappa shape index (κ2) is 8.23. The monoisotopic (exact) mass is 451 g/mol. The molecule has 3 rings (SSSR count). The molecule has 1 aliphatic heterocycles. The van der Waals surface area contributed by atoms with E-state index in [-0.39, 0.29) is 18.2 Å². The number of nitriles is 1. The molecular weight excluding hydrogens is 431 g/mol. The molecule has 10 heteroatoms. The fourth-order valence-corrected chi connectivity index (χ4v) is 5.01. The second-order valence-electron chi connectivity index (χ2n) is 7.54. The molecule has 1 aliphatic rings. The molecule has 0 aromatic heterocycles. The summed E-state index contributed by atoms with van der Waals surface area (Å²) in [7, 11) is -3.52. The molecule has 31 heavy (non-hydrogen) atoms. The van der Waals surface area contributed by atoms with Gasteiger partial charge in [-0.25, -0.2) is 8.42 Å². The molecule has 1 heterocycles. The number of hydrogen-bond donors (Lipinski definition) is 0. The first-order chi connectivity index (χ1) is 14.4. The maximum atomic E-state index is 13.1. The van der Waals surface area contributed by atoms with Crippen molar-refractivity contribution in [2.45, 2.75) is 32.1 Å². The van der Waals surface area contributed by atoms with Crippen molar-refractivity contribution < 1.29 is 26.4 Å². The normalized spacial score (nSPS) is 16.0. The summed E-state index contributed by atoms with van der Waals surface area (Å²) in [6.07, 6.45) is -3.15. The van der Waals surface area contributed by atoms with Crippen molar-refractivity contribution >= 4 is 21.6 Å². The Morgan fingerprint density at radius 3 is 2.42 bits per heavy atom. The lowest BCUT2D eigenvalue weighted by molar-refractivity contribution is -0.141. The number of nitrogens with zero attached hydrogens (tertiary/aromatic N) is 3. The molecule has 0 bridgehead atoms. The number of hydrogen-bond acceptors (Lipinski definition) is 4. The molecule has 2 aromatic carbocycles. The molecule has 0 saturated heterocycles. The van der Waals surface area contributed by atoms with Gasteiger partial charge >= 0.3 is 6.18 Å². The number of carbonyl (C=O) groups is 1. The molecule has 6 nitrogen and oxygen atoms in total. The van der Waals surface area contributed by atoms with Crippen molar-refractivity contribution in [2.75, 3.05) is 17.1 Å². The largest absolute Gasteiger partial charge is 0.406 e. The molecule has 164 valence electrons. The van der Waals surface area contributed by atoms with Crippen LogP contribution in [0.2, 0.25) is 0 Å². The summed E-state index contributed by atoms with van der Waals surface area (Å²) in [5, 5.41) is 8.86. The minimum Gasteiger partial charge on any atom is -0.325 e. The summed E-state index contributed by atoms with van der Waals surface area (Å²) in [5.41, 5.74) is 1.89. The number of fused-ring (bicyclic) bond motifs is 1. The lowest BCUT2D eigenvalue weighted by atomic mass is 10.1. The zero-order valence-corrected chi connectivity index (χ0v) is 17.7. The minimum absolute atomic E-state index is 0.0548. The molecule has 0 spiro atoms. The van der Waals surface area contributed by atoms with Crippen molar-refractivity contribution in [3.8, 4) is 6.07 Å². The summed E-state index contributed by atoms with van der Waals surface area (Å²) in [6.45, 7) is 0.00515. The van der Waals surface area contributed by atoms with Crippen LogP contribution in [0.5, 0.6) is 0 Å². The van der Waals surface area contributed by atoms with E-state index >= 15 is 0 Å². The van der Waals surface area contributed by atoms with E-state index in [0.29, 0.717) is 33.7 Å². The molecule has 0 saturated carbocycles. The first kappa shape index (κ1) is 22.6.